The average Bonchev–Trinajstić information content (AvgIpc) is 2.86. The van der Waals surface area contributed by atoms with Crippen LogP contribution in [-0.2, 0) is 0 Å². The second-order valence-electron chi connectivity index (χ2n) is 3.57. The molecule has 2 aromatic heterocycles. The van der Waals surface area contributed by atoms with Crippen LogP contribution in [0, 0.1) is 6.92 Å². The van der Waals surface area contributed by atoms with Gasteiger partial charge in [0.05, 0.1) is 11.0 Å². The first-order valence-electron chi connectivity index (χ1n) is 4.82. The second-order valence-corrected chi connectivity index (χ2v) is 4.35. The molecule has 3 rings (SSSR count). The Hall–Kier alpha value is -1.61. The van der Waals surface area contributed by atoms with Crippen LogP contribution in [-0.4, -0.2) is 9.97 Å². The van der Waals surface area contributed by atoms with Crippen molar-refractivity contribution in [2.45, 2.75) is 6.92 Å². The number of benzene rings is 1. The van der Waals surface area contributed by atoms with Crippen molar-refractivity contribution in [2.75, 3.05) is 0 Å². The largest absolute Gasteiger partial charge is 0.338 e. The molecule has 15 heavy (non-hydrogen) atoms. The lowest BCUT2D eigenvalue weighted by Gasteiger charge is -1.90. The molecule has 2 nitrogen and oxygen atoms in total. The zero-order valence-corrected chi connectivity index (χ0v) is 9.14. The quantitative estimate of drug-likeness (QED) is 0.658. The van der Waals surface area contributed by atoms with Crippen molar-refractivity contribution >= 4 is 22.4 Å². The van der Waals surface area contributed by atoms with E-state index in [2.05, 4.69) is 45.9 Å². The average molecular weight is 214 g/mol. The molecule has 2 heterocycles. The zero-order chi connectivity index (χ0) is 10.3. The fourth-order valence-electron chi connectivity index (χ4n) is 1.71. The Morgan fingerprint density at radius 1 is 1.27 bits per heavy atom. The van der Waals surface area contributed by atoms with Crippen LogP contribution < -0.4 is 0 Å². The maximum atomic E-state index is 4.61. The summed E-state index contributed by atoms with van der Waals surface area (Å²) in [6, 6.07) is 8.27. The molecule has 0 aliphatic rings. The predicted molar refractivity (Wildman–Crippen MR) is 64.1 cm³/mol. The highest BCUT2D eigenvalue weighted by Crippen LogP contribution is 2.23. The van der Waals surface area contributed by atoms with Gasteiger partial charge in [-0.15, -0.1) is 0 Å². The van der Waals surface area contributed by atoms with Gasteiger partial charge in [-0.25, -0.2) is 4.98 Å². The number of hydrogen-bond donors (Lipinski definition) is 1. The van der Waals surface area contributed by atoms with E-state index in [0.717, 1.165) is 22.4 Å². The third-order valence-corrected chi connectivity index (χ3v) is 3.19. The molecular weight excluding hydrogens is 204 g/mol. The molecule has 0 aliphatic heterocycles. The third kappa shape index (κ3) is 1.36. The molecule has 0 aliphatic carbocycles. The smallest absolute Gasteiger partial charge is 0.139 e. The normalized spacial score (nSPS) is 11.0. The number of para-hydroxylation sites is 1. The number of aromatic amines is 1. The summed E-state index contributed by atoms with van der Waals surface area (Å²) in [4.78, 5) is 7.94. The Bertz CT molecular complexity index is 593. The number of rotatable bonds is 1. The van der Waals surface area contributed by atoms with E-state index in [4.69, 9.17) is 0 Å². The molecule has 3 heteroatoms. The van der Waals surface area contributed by atoms with Crippen molar-refractivity contribution in [1.29, 1.82) is 0 Å². The SMILES string of the molecule is Cc1cccc2[nH]c(-c3ccsc3)nc12. The summed E-state index contributed by atoms with van der Waals surface area (Å²) >= 11 is 1.69. The summed E-state index contributed by atoms with van der Waals surface area (Å²) in [6.07, 6.45) is 0. The van der Waals surface area contributed by atoms with Crippen LogP contribution in [0.1, 0.15) is 5.56 Å². The first kappa shape index (κ1) is 8.68. The van der Waals surface area contributed by atoms with E-state index < -0.39 is 0 Å². The van der Waals surface area contributed by atoms with Gasteiger partial charge in [-0.1, -0.05) is 12.1 Å². The van der Waals surface area contributed by atoms with E-state index in [9.17, 15) is 0 Å². The Labute approximate surface area is 91.6 Å². The molecule has 3 aromatic rings. The molecule has 0 saturated carbocycles. The van der Waals surface area contributed by atoms with Crippen molar-refractivity contribution in [3.63, 3.8) is 0 Å². The lowest BCUT2D eigenvalue weighted by atomic mass is 10.2. The molecule has 0 saturated heterocycles. The molecular formula is C12H10N2S. The van der Waals surface area contributed by atoms with Crippen molar-refractivity contribution in [3.05, 3.63) is 40.6 Å². The van der Waals surface area contributed by atoms with E-state index in [-0.39, 0.29) is 0 Å². The van der Waals surface area contributed by atoms with Gasteiger partial charge < -0.3 is 4.98 Å². The van der Waals surface area contributed by atoms with E-state index in [1.165, 1.54) is 5.56 Å². The van der Waals surface area contributed by atoms with Gasteiger partial charge in [0, 0.05) is 10.9 Å². The molecule has 0 bridgehead atoms. The highest BCUT2D eigenvalue weighted by Gasteiger charge is 2.06. The molecule has 1 aromatic carbocycles. The van der Waals surface area contributed by atoms with Crippen molar-refractivity contribution in [1.82, 2.24) is 9.97 Å². The predicted octanol–water partition coefficient (Wildman–Crippen LogP) is 3.60. The highest BCUT2D eigenvalue weighted by molar-refractivity contribution is 7.08. The molecule has 0 radical (unpaired) electrons. The van der Waals surface area contributed by atoms with Crippen LogP contribution in [0.25, 0.3) is 22.4 Å². The number of fused-ring (bicyclic) bond motifs is 1. The molecule has 0 atom stereocenters. The first-order chi connectivity index (χ1) is 7.34. The minimum Gasteiger partial charge on any atom is -0.338 e. The van der Waals surface area contributed by atoms with Gasteiger partial charge in [0.1, 0.15) is 5.82 Å². The van der Waals surface area contributed by atoms with Crippen LogP contribution in [0.15, 0.2) is 35.0 Å². The first-order valence-corrected chi connectivity index (χ1v) is 5.77. The van der Waals surface area contributed by atoms with Gasteiger partial charge in [-0.3, -0.25) is 0 Å². The van der Waals surface area contributed by atoms with Crippen LogP contribution in [0.3, 0.4) is 0 Å². The number of aryl methyl sites for hydroxylation is 1. The van der Waals surface area contributed by atoms with Crippen molar-refractivity contribution < 1.29 is 0 Å². The van der Waals surface area contributed by atoms with Gasteiger partial charge in [0.15, 0.2) is 0 Å². The van der Waals surface area contributed by atoms with Gasteiger partial charge >= 0.3 is 0 Å². The summed E-state index contributed by atoms with van der Waals surface area (Å²) in [5.74, 6) is 0.959. The molecule has 1 N–H and O–H groups in total. The maximum absolute atomic E-state index is 4.61. The third-order valence-electron chi connectivity index (χ3n) is 2.51. The standard InChI is InChI=1S/C12H10N2S/c1-8-3-2-4-10-11(8)14-12(13-10)9-5-6-15-7-9/h2-7H,1H3,(H,13,14). The van der Waals surface area contributed by atoms with E-state index in [0.29, 0.717) is 0 Å². The van der Waals surface area contributed by atoms with Crippen LogP contribution in [0.5, 0.6) is 0 Å². The Morgan fingerprint density at radius 2 is 2.20 bits per heavy atom. The molecule has 0 fully saturated rings. The monoisotopic (exact) mass is 214 g/mol. The Kier molecular flexibility index (Phi) is 1.86. The summed E-state index contributed by atoms with van der Waals surface area (Å²) in [7, 11) is 0. The molecule has 0 amide bonds. The Balaban J connectivity index is 2.27. The summed E-state index contributed by atoms with van der Waals surface area (Å²) in [5.41, 5.74) is 4.55. The van der Waals surface area contributed by atoms with Crippen LogP contribution >= 0.6 is 11.3 Å². The molecule has 0 unspecified atom stereocenters. The summed E-state index contributed by atoms with van der Waals surface area (Å²) < 4.78 is 0. The molecule has 0 spiro atoms. The van der Waals surface area contributed by atoms with Gasteiger partial charge in [-0.05, 0) is 30.0 Å². The van der Waals surface area contributed by atoms with Crippen LogP contribution in [0.4, 0.5) is 0 Å². The number of nitrogens with one attached hydrogen (secondary N) is 1. The van der Waals surface area contributed by atoms with Crippen molar-refractivity contribution in [3.8, 4) is 11.4 Å². The highest BCUT2D eigenvalue weighted by atomic mass is 32.1. The number of nitrogens with zero attached hydrogens (tertiary/aromatic N) is 1. The minimum absolute atomic E-state index is 0.959. The molecule has 74 valence electrons. The number of thiophene rings is 1. The Morgan fingerprint density at radius 3 is 2.93 bits per heavy atom. The fraction of sp³-hybridized carbons (Fsp3) is 0.0833. The summed E-state index contributed by atoms with van der Waals surface area (Å²) in [6.45, 7) is 2.08. The maximum Gasteiger partial charge on any atom is 0.139 e. The lowest BCUT2D eigenvalue weighted by Crippen LogP contribution is -1.75. The van der Waals surface area contributed by atoms with Crippen molar-refractivity contribution in [2.24, 2.45) is 0 Å². The topological polar surface area (TPSA) is 28.7 Å². The van der Waals surface area contributed by atoms with Crippen LogP contribution in [0.2, 0.25) is 0 Å². The number of hydrogen-bond acceptors (Lipinski definition) is 2. The fourth-order valence-corrected chi connectivity index (χ4v) is 2.35. The number of imidazole rings is 1. The zero-order valence-electron chi connectivity index (χ0n) is 8.32. The van der Waals surface area contributed by atoms with E-state index in [1.54, 1.807) is 11.3 Å². The number of H-pyrrole nitrogens is 1. The van der Waals surface area contributed by atoms with Gasteiger partial charge in [0.25, 0.3) is 0 Å². The van der Waals surface area contributed by atoms with Gasteiger partial charge in [0.2, 0.25) is 0 Å². The van der Waals surface area contributed by atoms with E-state index in [1.807, 2.05) is 6.07 Å². The lowest BCUT2D eigenvalue weighted by molar-refractivity contribution is 1.34. The van der Waals surface area contributed by atoms with Gasteiger partial charge in [-0.2, -0.15) is 11.3 Å². The van der Waals surface area contributed by atoms with E-state index >= 15 is 0 Å². The minimum atomic E-state index is 0.959. The number of aromatic nitrogens is 2. The second kappa shape index (κ2) is 3.21. The summed E-state index contributed by atoms with van der Waals surface area (Å²) in [5, 5.41) is 4.17.